The number of nitrogens with zero attached hydrogens (tertiary/aromatic N) is 1. The third-order valence-corrected chi connectivity index (χ3v) is 2.33. The summed E-state index contributed by atoms with van der Waals surface area (Å²) in [7, 11) is 2.92. The second-order valence-corrected chi connectivity index (χ2v) is 3.72. The number of hydrogen-bond donors (Lipinski definition) is 2. The fourth-order valence-corrected chi connectivity index (χ4v) is 1.43. The van der Waals surface area contributed by atoms with Crippen LogP contribution in [0, 0.1) is 0 Å². The van der Waals surface area contributed by atoms with Crippen LogP contribution in [-0.2, 0) is 9.47 Å². The predicted molar refractivity (Wildman–Crippen MR) is 68.5 cm³/mol. The van der Waals surface area contributed by atoms with E-state index in [1.165, 1.54) is 14.2 Å². The van der Waals surface area contributed by atoms with Crippen molar-refractivity contribution in [2.24, 2.45) is 10.8 Å². The zero-order valence-electron chi connectivity index (χ0n) is 10.0. The molecule has 0 spiro atoms. The number of hydrogen-bond acceptors (Lipinski definition) is 4. The van der Waals surface area contributed by atoms with Gasteiger partial charge in [0, 0.05) is 24.8 Å². The van der Waals surface area contributed by atoms with Crippen LogP contribution in [0.25, 0.3) is 0 Å². The van der Waals surface area contributed by atoms with Gasteiger partial charge in [-0.2, -0.15) is 5.10 Å². The van der Waals surface area contributed by atoms with Crippen LogP contribution in [0.15, 0.2) is 29.4 Å². The molecule has 0 atom stereocenters. The van der Waals surface area contributed by atoms with E-state index in [9.17, 15) is 4.79 Å². The molecule has 0 fully saturated rings. The molecular formula is C11H14ClN3O3. The van der Waals surface area contributed by atoms with Crippen molar-refractivity contribution in [2.45, 2.75) is 6.29 Å². The van der Waals surface area contributed by atoms with Gasteiger partial charge in [-0.1, -0.05) is 23.7 Å². The van der Waals surface area contributed by atoms with E-state index >= 15 is 0 Å². The van der Waals surface area contributed by atoms with E-state index in [2.05, 4.69) is 10.5 Å². The van der Waals surface area contributed by atoms with Gasteiger partial charge in [0.25, 0.3) is 0 Å². The Hall–Kier alpha value is -1.63. The molecule has 0 saturated carbocycles. The van der Waals surface area contributed by atoms with E-state index in [0.717, 1.165) is 0 Å². The molecule has 1 rings (SSSR count). The molecule has 0 aliphatic heterocycles. The van der Waals surface area contributed by atoms with Gasteiger partial charge in [-0.05, 0) is 12.1 Å². The standard InChI is InChI=1S/C11H14ClN3O3/c1-17-10(18-2)9(14-15-11(13)16)7-3-5-8(12)6-4-7/h3-6,10H,1-2H3,(H3,13,15,16). The SMILES string of the molecule is COC(OC)C(=NNC(N)=O)c1ccc(Cl)cc1. The third kappa shape index (κ3) is 3.99. The van der Waals surface area contributed by atoms with Gasteiger partial charge in [0.05, 0.1) is 0 Å². The van der Waals surface area contributed by atoms with E-state index in [1.54, 1.807) is 24.3 Å². The summed E-state index contributed by atoms with van der Waals surface area (Å²) in [4.78, 5) is 10.7. The maximum absolute atomic E-state index is 10.7. The van der Waals surface area contributed by atoms with E-state index in [4.69, 9.17) is 26.8 Å². The molecule has 7 heteroatoms. The van der Waals surface area contributed by atoms with Crippen LogP contribution in [0.4, 0.5) is 4.79 Å². The van der Waals surface area contributed by atoms with Crippen LogP contribution in [0.2, 0.25) is 5.02 Å². The molecule has 0 saturated heterocycles. The largest absolute Gasteiger partial charge is 0.350 e. The van der Waals surface area contributed by atoms with E-state index < -0.39 is 12.3 Å². The Balaban J connectivity index is 3.06. The molecule has 0 bridgehead atoms. The van der Waals surface area contributed by atoms with Gasteiger partial charge in [0.15, 0.2) is 0 Å². The first-order valence-electron chi connectivity index (χ1n) is 5.03. The van der Waals surface area contributed by atoms with Gasteiger partial charge in [-0.25, -0.2) is 10.2 Å². The summed E-state index contributed by atoms with van der Waals surface area (Å²) in [5.74, 6) is 0. The topological polar surface area (TPSA) is 85.9 Å². The zero-order chi connectivity index (χ0) is 13.5. The minimum atomic E-state index is -0.771. The molecule has 0 heterocycles. The van der Waals surface area contributed by atoms with Crippen molar-refractivity contribution in [3.05, 3.63) is 34.9 Å². The smallest absolute Gasteiger partial charge is 0.332 e. The van der Waals surface area contributed by atoms with Gasteiger partial charge in [-0.15, -0.1) is 0 Å². The molecule has 0 unspecified atom stereocenters. The van der Waals surface area contributed by atoms with Crippen molar-refractivity contribution in [3.63, 3.8) is 0 Å². The number of hydrazone groups is 1. The molecule has 0 aliphatic rings. The number of nitrogens with one attached hydrogen (secondary N) is 1. The highest BCUT2D eigenvalue weighted by molar-refractivity contribution is 6.30. The summed E-state index contributed by atoms with van der Waals surface area (Å²) >= 11 is 5.80. The minimum absolute atomic E-state index is 0.385. The number of halogens is 1. The van der Waals surface area contributed by atoms with Crippen LogP contribution >= 0.6 is 11.6 Å². The number of nitrogens with two attached hydrogens (primary N) is 1. The van der Waals surface area contributed by atoms with E-state index in [-0.39, 0.29) is 0 Å². The normalized spacial score (nSPS) is 11.7. The molecule has 3 N–H and O–H groups in total. The molecule has 98 valence electrons. The van der Waals surface area contributed by atoms with Crippen molar-refractivity contribution < 1.29 is 14.3 Å². The maximum atomic E-state index is 10.7. The summed E-state index contributed by atoms with van der Waals surface area (Å²) in [5.41, 5.74) is 8.19. The van der Waals surface area contributed by atoms with Crippen molar-refractivity contribution >= 4 is 23.3 Å². The number of carbonyl (C=O) groups excluding carboxylic acids is 1. The summed E-state index contributed by atoms with van der Waals surface area (Å²) in [6, 6.07) is 6.08. The lowest BCUT2D eigenvalue weighted by molar-refractivity contribution is -0.0517. The highest BCUT2D eigenvalue weighted by Crippen LogP contribution is 2.13. The summed E-state index contributed by atoms with van der Waals surface area (Å²) in [5, 5.41) is 4.45. The number of urea groups is 1. The first kappa shape index (κ1) is 14.4. The number of rotatable bonds is 5. The molecule has 0 radical (unpaired) electrons. The van der Waals surface area contributed by atoms with Crippen LogP contribution in [-0.4, -0.2) is 32.3 Å². The minimum Gasteiger partial charge on any atom is -0.350 e. The van der Waals surface area contributed by atoms with Gasteiger partial charge in [0.2, 0.25) is 6.29 Å². The van der Waals surface area contributed by atoms with Crippen LogP contribution in [0.1, 0.15) is 5.56 Å². The van der Waals surface area contributed by atoms with Crippen LogP contribution in [0.5, 0.6) is 0 Å². The molecule has 0 aliphatic carbocycles. The lowest BCUT2D eigenvalue weighted by Gasteiger charge is -2.16. The maximum Gasteiger partial charge on any atom is 0.332 e. The van der Waals surface area contributed by atoms with Crippen LogP contribution < -0.4 is 11.2 Å². The fraction of sp³-hybridized carbons (Fsp3) is 0.273. The van der Waals surface area contributed by atoms with E-state index in [0.29, 0.717) is 16.3 Å². The van der Waals surface area contributed by atoms with Crippen molar-refractivity contribution in [1.29, 1.82) is 0 Å². The van der Waals surface area contributed by atoms with Gasteiger partial charge >= 0.3 is 6.03 Å². The Labute approximate surface area is 110 Å². The van der Waals surface area contributed by atoms with Crippen molar-refractivity contribution in [1.82, 2.24) is 5.43 Å². The Kier molecular flexibility index (Phi) is 5.57. The molecular weight excluding hydrogens is 258 g/mol. The van der Waals surface area contributed by atoms with Crippen LogP contribution in [0.3, 0.4) is 0 Å². The van der Waals surface area contributed by atoms with Gasteiger partial charge in [0.1, 0.15) is 5.71 Å². The average molecular weight is 272 g/mol. The second-order valence-electron chi connectivity index (χ2n) is 3.28. The number of primary amides is 1. The molecule has 0 aromatic heterocycles. The summed E-state index contributed by atoms with van der Waals surface area (Å²) in [6.07, 6.45) is -0.724. The molecule has 1 aromatic carbocycles. The van der Waals surface area contributed by atoms with Gasteiger partial charge in [-0.3, -0.25) is 0 Å². The molecule has 18 heavy (non-hydrogen) atoms. The number of carbonyl (C=O) groups is 1. The lowest BCUT2D eigenvalue weighted by Crippen LogP contribution is -2.32. The quantitative estimate of drug-likeness (QED) is 0.481. The number of ether oxygens (including phenoxy) is 2. The molecule has 2 amide bonds. The Bertz CT molecular complexity index is 430. The number of benzene rings is 1. The molecule has 1 aromatic rings. The highest BCUT2D eigenvalue weighted by Gasteiger charge is 2.17. The monoisotopic (exact) mass is 271 g/mol. The first-order valence-corrected chi connectivity index (χ1v) is 5.40. The number of methoxy groups -OCH3 is 2. The summed E-state index contributed by atoms with van der Waals surface area (Å²) in [6.45, 7) is 0. The molecule has 6 nitrogen and oxygen atoms in total. The predicted octanol–water partition coefficient (Wildman–Crippen LogP) is 1.33. The lowest BCUT2D eigenvalue weighted by atomic mass is 10.1. The first-order chi connectivity index (χ1) is 8.58. The summed E-state index contributed by atoms with van der Waals surface area (Å²) < 4.78 is 10.2. The van der Waals surface area contributed by atoms with Crippen molar-refractivity contribution in [2.75, 3.05) is 14.2 Å². The van der Waals surface area contributed by atoms with Crippen molar-refractivity contribution in [3.8, 4) is 0 Å². The fourth-order valence-electron chi connectivity index (χ4n) is 1.31. The number of amides is 2. The third-order valence-electron chi connectivity index (χ3n) is 2.08. The van der Waals surface area contributed by atoms with E-state index in [1.807, 2.05) is 0 Å². The Morgan fingerprint density at radius 2 is 1.89 bits per heavy atom. The average Bonchev–Trinajstić information content (AvgIpc) is 2.35. The Morgan fingerprint density at radius 1 is 1.33 bits per heavy atom. The Morgan fingerprint density at radius 3 is 2.33 bits per heavy atom. The van der Waals surface area contributed by atoms with Gasteiger partial charge < -0.3 is 15.2 Å². The zero-order valence-corrected chi connectivity index (χ0v) is 10.8. The highest BCUT2D eigenvalue weighted by atomic mass is 35.5. The second kappa shape index (κ2) is 6.95.